The molecule has 1 heterocycles. The van der Waals surface area contributed by atoms with Crippen molar-refractivity contribution in [1.82, 2.24) is 20.1 Å². The van der Waals surface area contributed by atoms with E-state index in [1.54, 1.807) is 30.2 Å². The summed E-state index contributed by atoms with van der Waals surface area (Å²) in [5.74, 6) is 0.694. The summed E-state index contributed by atoms with van der Waals surface area (Å²) in [4.78, 5) is 14.4. The molecule has 0 saturated carbocycles. The summed E-state index contributed by atoms with van der Waals surface area (Å²) >= 11 is 0. The molecule has 0 fully saturated rings. The summed E-state index contributed by atoms with van der Waals surface area (Å²) in [6, 6.07) is 6.59. The number of hydrogen-bond donors (Lipinski definition) is 1. The largest absolute Gasteiger partial charge is 0.303 e. The smallest absolute Gasteiger partial charge is 0.269 e. The number of nitro benzene ring substituents is 1. The first-order valence-electron chi connectivity index (χ1n) is 5.88. The molecule has 100 valence electrons. The van der Waals surface area contributed by atoms with Gasteiger partial charge >= 0.3 is 0 Å². The Morgan fingerprint density at radius 3 is 2.95 bits per heavy atom. The van der Waals surface area contributed by atoms with E-state index in [9.17, 15) is 10.1 Å². The number of rotatable bonds is 5. The molecule has 0 radical (unpaired) electrons. The molecule has 1 unspecified atom stereocenters. The van der Waals surface area contributed by atoms with Crippen molar-refractivity contribution in [3.05, 3.63) is 52.1 Å². The van der Waals surface area contributed by atoms with Crippen LogP contribution in [0.2, 0.25) is 0 Å². The molecule has 1 aromatic heterocycles. The zero-order chi connectivity index (χ0) is 13.8. The molecule has 0 aliphatic heterocycles. The number of aryl methyl sites for hydroxylation is 1. The van der Waals surface area contributed by atoms with Crippen LogP contribution in [0.1, 0.15) is 24.4 Å². The topological polar surface area (TPSA) is 85.9 Å². The fraction of sp³-hybridized carbons (Fsp3) is 0.333. The number of nitrogens with one attached hydrogen (secondary N) is 1. The predicted octanol–water partition coefficient (Wildman–Crippen LogP) is 1.57. The van der Waals surface area contributed by atoms with Gasteiger partial charge in [0, 0.05) is 25.2 Å². The SMILES string of the molecule is CC(NCc1ncn(C)n1)c1cccc([N+](=O)[O-])c1. The highest BCUT2D eigenvalue weighted by molar-refractivity contribution is 5.35. The molecule has 2 rings (SSSR count). The summed E-state index contributed by atoms with van der Waals surface area (Å²) < 4.78 is 1.63. The molecule has 0 aliphatic carbocycles. The Kier molecular flexibility index (Phi) is 3.86. The summed E-state index contributed by atoms with van der Waals surface area (Å²) in [7, 11) is 1.81. The number of non-ortho nitro benzene ring substituents is 1. The zero-order valence-electron chi connectivity index (χ0n) is 10.8. The van der Waals surface area contributed by atoms with Gasteiger partial charge in [0.2, 0.25) is 0 Å². The average molecular weight is 261 g/mol. The van der Waals surface area contributed by atoms with Crippen LogP contribution in [0.25, 0.3) is 0 Å². The summed E-state index contributed by atoms with van der Waals surface area (Å²) in [6.45, 7) is 2.46. The fourth-order valence-corrected chi connectivity index (χ4v) is 1.73. The third-order valence-electron chi connectivity index (χ3n) is 2.79. The van der Waals surface area contributed by atoms with Gasteiger partial charge in [0.1, 0.15) is 6.33 Å². The van der Waals surface area contributed by atoms with Crippen molar-refractivity contribution in [2.24, 2.45) is 7.05 Å². The molecule has 7 heteroatoms. The van der Waals surface area contributed by atoms with Gasteiger partial charge in [-0.25, -0.2) is 4.98 Å². The summed E-state index contributed by atoms with van der Waals surface area (Å²) in [6.07, 6.45) is 1.63. The van der Waals surface area contributed by atoms with Crippen LogP contribution in [-0.4, -0.2) is 19.7 Å². The maximum Gasteiger partial charge on any atom is 0.269 e. The highest BCUT2D eigenvalue weighted by Gasteiger charge is 2.11. The maximum absolute atomic E-state index is 10.7. The van der Waals surface area contributed by atoms with Crippen LogP contribution in [0.5, 0.6) is 0 Å². The first-order valence-corrected chi connectivity index (χ1v) is 5.88. The fourth-order valence-electron chi connectivity index (χ4n) is 1.73. The van der Waals surface area contributed by atoms with Gasteiger partial charge in [-0.2, -0.15) is 5.10 Å². The normalized spacial score (nSPS) is 12.3. The second-order valence-corrected chi connectivity index (χ2v) is 4.29. The lowest BCUT2D eigenvalue weighted by molar-refractivity contribution is -0.384. The van der Waals surface area contributed by atoms with E-state index in [1.165, 1.54) is 6.07 Å². The maximum atomic E-state index is 10.7. The molecular formula is C12H15N5O2. The Bertz CT molecular complexity index is 581. The van der Waals surface area contributed by atoms with E-state index in [2.05, 4.69) is 15.4 Å². The van der Waals surface area contributed by atoms with E-state index < -0.39 is 4.92 Å². The second-order valence-electron chi connectivity index (χ2n) is 4.29. The lowest BCUT2D eigenvalue weighted by Gasteiger charge is -2.12. The molecule has 0 saturated heterocycles. The van der Waals surface area contributed by atoms with Gasteiger partial charge in [-0.05, 0) is 12.5 Å². The van der Waals surface area contributed by atoms with E-state index in [0.717, 1.165) is 5.56 Å². The van der Waals surface area contributed by atoms with Gasteiger partial charge in [0.25, 0.3) is 5.69 Å². The van der Waals surface area contributed by atoms with Crippen molar-refractivity contribution < 1.29 is 4.92 Å². The highest BCUT2D eigenvalue weighted by atomic mass is 16.6. The molecule has 0 amide bonds. The Hall–Kier alpha value is -2.28. The molecule has 1 aromatic carbocycles. The van der Waals surface area contributed by atoms with E-state index in [4.69, 9.17) is 0 Å². The minimum Gasteiger partial charge on any atom is -0.303 e. The lowest BCUT2D eigenvalue weighted by atomic mass is 10.1. The Morgan fingerprint density at radius 2 is 2.32 bits per heavy atom. The quantitative estimate of drug-likeness (QED) is 0.652. The minimum absolute atomic E-state index is 0.0105. The third-order valence-corrected chi connectivity index (χ3v) is 2.79. The van der Waals surface area contributed by atoms with Gasteiger partial charge in [-0.3, -0.25) is 14.8 Å². The highest BCUT2D eigenvalue weighted by Crippen LogP contribution is 2.18. The molecule has 1 N–H and O–H groups in total. The van der Waals surface area contributed by atoms with Crippen molar-refractivity contribution in [3.8, 4) is 0 Å². The minimum atomic E-state index is -0.392. The van der Waals surface area contributed by atoms with Crippen LogP contribution in [0.3, 0.4) is 0 Å². The number of hydrogen-bond acceptors (Lipinski definition) is 5. The van der Waals surface area contributed by atoms with E-state index >= 15 is 0 Å². The zero-order valence-corrected chi connectivity index (χ0v) is 10.8. The van der Waals surface area contributed by atoms with Crippen LogP contribution < -0.4 is 5.32 Å². The molecule has 19 heavy (non-hydrogen) atoms. The van der Waals surface area contributed by atoms with E-state index in [1.807, 2.05) is 13.0 Å². The molecule has 7 nitrogen and oxygen atoms in total. The van der Waals surface area contributed by atoms with Crippen molar-refractivity contribution >= 4 is 5.69 Å². The summed E-state index contributed by atoms with van der Waals surface area (Å²) in [5, 5.41) is 18.1. The van der Waals surface area contributed by atoms with Crippen LogP contribution in [-0.2, 0) is 13.6 Å². The Labute approximate surface area is 110 Å². The monoisotopic (exact) mass is 261 g/mol. The van der Waals surface area contributed by atoms with Crippen molar-refractivity contribution in [1.29, 1.82) is 0 Å². The average Bonchev–Trinajstić information content (AvgIpc) is 2.82. The van der Waals surface area contributed by atoms with Gasteiger partial charge in [-0.1, -0.05) is 12.1 Å². The van der Waals surface area contributed by atoms with Gasteiger partial charge < -0.3 is 5.32 Å². The summed E-state index contributed by atoms with van der Waals surface area (Å²) in [5.41, 5.74) is 0.965. The van der Waals surface area contributed by atoms with Crippen molar-refractivity contribution in [2.75, 3.05) is 0 Å². The van der Waals surface area contributed by atoms with E-state index in [0.29, 0.717) is 12.4 Å². The first kappa shape index (κ1) is 13.2. The Morgan fingerprint density at radius 1 is 1.53 bits per heavy atom. The number of nitro groups is 1. The Balaban J connectivity index is 2.01. The molecule has 1 atom stereocenters. The van der Waals surface area contributed by atoms with Crippen molar-refractivity contribution in [3.63, 3.8) is 0 Å². The van der Waals surface area contributed by atoms with E-state index in [-0.39, 0.29) is 11.7 Å². The lowest BCUT2D eigenvalue weighted by Crippen LogP contribution is -2.19. The molecule has 0 bridgehead atoms. The van der Waals surface area contributed by atoms with Crippen LogP contribution >= 0.6 is 0 Å². The van der Waals surface area contributed by atoms with Gasteiger partial charge in [0.05, 0.1) is 11.5 Å². The van der Waals surface area contributed by atoms with Crippen LogP contribution in [0.15, 0.2) is 30.6 Å². The van der Waals surface area contributed by atoms with Gasteiger partial charge in [-0.15, -0.1) is 0 Å². The first-order chi connectivity index (χ1) is 9.06. The van der Waals surface area contributed by atoms with Crippen LogP contribution in [0, 0.1) is 10.1 Å². The van der Waals surface area contributed by atoms with Crippen LogP contribution in [0.4, 0.5) is 5.69 Å². The third kappa shape index (κ3) is 3.35. The molecule has 0 spiro atoms. The number of benzene rings is 1. The standard InChI is InChI=1S/C12H15N5O2/c1-9(13-7-12-14-8-16(2)15-12)10-4-3-5-11(6-10)17(18)19/h3-6,8-9,13H,7H2,1-2H3. The van der Waals surface area contributed by atoms with Crippen molar-refractivity contribution in [2.45, 2.75) is 19.5 Å². The predicted molar refractivity (Wildman–Crippen MR) is 69.4 cm³/mol. The number of aromatic nitrogens is 3. The molecule has 0 aliphatic rings. The molecular weight excluding hydrogens is 246 g/mol. The second kappa shape index (κ2) is 5.57. The van der Waals surface area contributed by atoms with Gasteiger partial charge in [0.15, 0.2) is 5.82 Å². The molecule has 2 aromatic rings. The number of nitrogens with zero attached hydrogens (tertiary/aromatic N) is 4.